The van der Waals surface area contributed by atoms with Gasteiger partial charge in [-0.1, -0.05) is 0 Å². The van der Waals surface area contributed by atoms with Gasteiger partial charge in [0.2, 0.25) is 0 Å². The fourth-order valence-corrected chi connectivity index (χ4v) is 3.16. The van der Waals surface area contributed by atoms with Crippen molar-refractivity contribution in [1.82, 2.24) is 9.97 Å². The second kappa shape index (κ2) is 7.09. The summed E-state index contributed by atoms with van der Waals surface area (Å²) in [6, 6.07) is 7.59. The van der Waals surface area contributed by atoms with Crippen molar-refractivity contribution in [1.29, 1.82) is 0 Å². The Bertz CT molecular complexity index is 766. The minimum atomic E-state index is -0.304. The summed E-state index contributed by atoms with van der Waals surface area (Å²) in [7, 11) is 1.40. The van der Waals surface area contributed by atoms with Gasteiger partial charge in [0.15, 0.2) is 0 Å². The third kappa shape index (κ3) is 3.57. The van der Waals surface area contributed by atoms with Crippen LogP contribution in [0.2, 0.25) is 0 Å². The van der Waals surface area contributed by atoms with Crippen LogP contribution in [-0.2, 0) is 4.74 Å². The zero-order valence-electron chi connectivity index (χ0n) is 15.2. The highest BCUT2D eigenvalue weighted by Crippen LogP contribution is 2.23. The number of carbonyl (C=O) groups excluding carboxylic acids is 1. The second-order valence-electron chi connectivity index (χ2n) is 6.32. The highest BCUT2D eigenvalue weighted by atomic mass is 16.5. The van der Waals surface area contributed by atoms with E-state index in [2.05, 4.69) is 26.7 Å². The number of aryl methyl sites for hydroxylation is 2. The first-order valence-corrected chi connectivity index (χ1v) is 8.49. The zero-order valence-corrected chi connectivity index (χ0v) is 15.2. The number of aromatic nitrogens is 2. The normalized spacial score (nSPS) is 14.6. The van der Waals surface area contributed by atoms with E-state index in [0.717, 1.165) is 54.8 Å². The van der Waals surface area contributed by atoms with Crippen LogP contribution in [0.4, 0.5) is 11.5 Å². The number of ether oxygens (including phenoxy) is 1. The SMILES string of the molecule is COC(=O)c1ccc(N2CCN(c3nc(C)nc(C)c3C)CC2)cc1. The van der Waals surface area contributed by atoms with Gasteiger partial charge in [-0.05, 0) is 45.0 Å². The molecule has 25 heavy (non-hydrogen) atoms. The van der Waals surface area contributed by atoms with Gasteiger partial charge < -0.3 is 14.5 Å². The van der Waals surface area contributed by atoms with Crippen LogP contribution in [0.5, 0.6) is 0 Å². The van der Waals surface area contributed by atoms with Gasteiger partial charge >= 0.3 is 5.97 Å². The lowest BCUT2D eigenvalue weighted by molar-refractivity contribution is 0.0601. The Morgan fingerprint density at radius 1 is 0.960 bits per heavy atom. The van der Waals surface area contributed by atoms with Crippen LogP contribution in [0.25, 0.3) is 0 Å². The highest BCUT2D eigenvalue weighted by molar-refractivity contribution is 5.89. The fraction of sp³-hybridized carbons (Fsp3) is 0.421. The van der Waals surface area contributed by atoms with Gasteiger partial charge in [-0.15, -0.1) is 0 Å². The Balaban J connectivity index is 1.69. The van der Waals surface area contributed by atoms with Crippen molar-refractivity contribution in [3.8, 4) is 0 Å². The van der Waals surface area contributed by atoms with Crippen molar-refractivity contribution in [3.05, 3.63) is 46.9 Å². The first-order chi connectivity index (χ1) is 12.0. The second-order valence-corrected chi connectivity index (χ2v) is 6.32. The number of hydrogen-bond acceptors (Lipinski definition) is 6. The molecule has 0 bridgehead atoms. The van der Waals surface area contributed by atoms with E-state index >= 15 is 0 Å². The van der Waals surface area contributed by atoms with Crippen LogP contribution < -0.4 is 9.80 Å². The molecule has 1 saturated heterocycles. The monoisotopic (exact) mass is 340 g/mol. The molecule has 0 atom stereocenters. The Hall–Kier alpha value is -2.63. The molecule has 3 rings (SSSR count). The molecule has 132 valence electrons. The lowest BCUT2D eigenvalue weighted by Gasteiger charge is -2.37. The van der Waals surface area contributed by atoms with Crippen LogP contribution in [0, 0.1) is 20.8 Å². The van der Waals surface area contributed by atoms with Gasteiger partial charge in [-0.2, -0.15) is 0 Å². The van der Waals surface area contributed by atoms with Gasteiger partial charge in [0.25, 0.3) is 0 Å². The van der Waals surface area contributed by atoms with E-state index in [1.54, 1.807) is 0 Å². The predicted octanol–water partition coefficient (Wildman–Crippen LogP) is 2.52. The first-order valence-electron chi connectivity index (χ1n) is 8.49. The maximum Gasteiger partial charge on any atom is 0.337 e. The Morgan fingerprint density at radius 2 is 1.56 bits per heavy atom. The van der Waals surface area contributed by atoms with Gasteiger partial charge in [-0.3, -0.25) is 0 Å². The number of nitrogens with zero attached hydrogens (tertiary/aromatic N) is 4. The number of hydrogen-bond donors (Lipinski definition) is 0. The van der Waals surface area contributed by atoms with Crippen LogP contribution in [-0.4, -0.2) is 49.2 Å². The van der Waals surface area contributed by atoms with Gasteiger partial charge in [0.05, 0.1) is 12.7 Å². The summed E-state index contributed by atoms with van der Waals surface area (Å²) in [5.41, 5.74) is 3.90. The van der Waals surface area contributed by atoms with E-state index in [-0.39, 0.29) is 5.97 Å². The van der Waals surface area contributed by atoms with Gasteiger partial charge in [0, 0.05) is 43.1 Å². The highest BCUT2D eigenvalue weighted by Gasteiger charge is 2.21. The van der Waals surface area contributed by atoms with Crippen molar-refractivity contribution in [3.63, 3.8) is 0 Å². The number of methoxy groups -OCH3 is 1. The molecule has 6 nitrogen and oxygen atoms in total. The minimum Gasteiger partial charge on any atom is -0.465 e. The maximum atomic E-state index is 11.5. The van der Waals surface area contributed by atoms with E-state index in [4.69, 9.17) is 4.74 Å². The molecule has 0 amide bonds. The summed E-state index contributed by atoms with van der Waals surface area (Å²) in [6.45, 7) is 9.72. The standard InChI is InChI=1S/C19H24N4O2/c1-13-14(2)20-15(3)21-18(13)23-11-9-22(10-12-23)17-7-5-16(6-8-17)19(24)25-4/h5-8H,9-12H2,1-4H3. The van der Waals surface area contributed by atoms with Crippen molar-refractivity contribution < 1.29 is 9.53 Å². The molecule has 2 aromatic rings. The van der Waals surface area contributed by atoms with Crippen molar-refractivity contribution in [2.45, 2.75) is 20.8 Å². The summed E-state index contributed by atoms with van der Waals surface area (Å²) in [4.78, 5) is 25.3. The Kier molecular flexibility index (Phi) is 4.88. The molecule has 1 aliphatic rings. The molecule has 6 heteroatoms. The molecule has 2 heterocycles. The number of piperazine rings is 1. The van der Waals surface area contributed by atoms with Crippen molar-refractivity contribution in [2.75, 3.05) is 43.1 Å². The Morgan fingerprint density at radius 3 is 2.16 bits per heavy atom. The lowest BCUT2D eigenvalue weighted by Crippen LogP contribution is -2.47. The van der Waals surface area contributed by atoms with Crippen LogP contribution in [0.1, 0.15) is 27.4 Å². The van der Waals surface area contributed by atoms with Crippen molar-refractivity contribution >= 4 is 17.5 Å². The summed E-state index contributed by atoms with van der Waals surface area (Å²) < 4.78 is 4.74. The van der Waals surface area contributed by atoms with Crippen LogP contribution in [0.3, 0.4) is 0 Å². The molecule has 1 aromatic carbocycles. The summed E-state index contributed by atoms with van der Waals surface area (Å²) >= 11 is 0. The molecular formula is C19H24N4O2. The first kappa shape index (κ1) is 17.2. The zero-order chi connectivity index (χ0) is 18.0. The topological polar surface area (TPSA) is 58.6 Å². The molecule has 0 radical (unpaired) electrons. The number of anilines is 2. The van der Waals surface area contributed by atoms with E-state index in [1.165, 1.54) is 7.11 Å². The van der Waals surface area contributed by atoms with E-state index in [9.17, 15) is 4.79 Å². The molecule has 1 aromatic heterocycles. The average molecular weight is 340 g/mol. The van der Waals surface area contributed by atoms with E-state index in [0.29, 0.717) is 5.56 Å². The molecule has 0 unspecified atom stereocenters. The third-order valence-electron chi connectivity index (χ3n) is 4.71. The predicted molar refractivity (Wildman–Crippen MR) is 98.5 cm³/mol. The number of rotatable bonds is 3. The summed E-state index contributed by atoms with van der Waals surface area (Å²) in [5.74, 6) is 1.56. The summed E-state index contributed by atoms with van der Waals surface area (Å²) in [6.07, 6.45) is 0. The molecule has 0 N–H and O–H groups in total. The maximum absolute atomic E-state index is 11.5. The number of esters is 1. The minimum absolute atomic E-state index is 0.304. The lowest BCUT2D eigenvalue weighted by atomic mass is 10.1. The molecular weight excluding hydrogens is 316 g/mol. The summed E-state index contributed by atoms with van der Waals surface area (Å²) in [5, 5.41) is 0. The van der Waals surface area contributed by atoms with Crippen molar-refractivity contribution in [2.24, 2.45) is 0 Å². The molecule has 0 saturated carbocycles. The molecule has 1 fully saturated rings. The van der Waals surface area contributed by atoms with Gasteiger partial charge in [0.1, 0.15) is 11.6 Å². The smallest absolute Gasteiger partial charge is 0.337 e. The molecule has 0 spiro atoms. The Labute approximate surface area is 148 Å². The largest absolute Gasteiger partial charge is 0.465 e. The van der Waals surface area contributed by atoms with Gasteiger partial charge in [-0.25, -0.2) is 14.8 Å². The molecule has 0 aliphatic carbocycles. The average Bonchev–Trinajstić information content (AvgIpc) is 2.64. The number of benzene rings is 1. The van der Waals surface area contributed by atoms with Crippen LogP contribution >= 0.6 is 0 Å². The van der Waals surface area contributed by atoms with Crippen LogP contribution in [0.15, 0.2) is 24.3 Å². The quantitative estimate of drug-likeness (QED) is 0.800. The van der Waals surface area contributed by atoms with E-state index < -0.39 is 0 Å². The fourth-order valence-electron chi connectivity index (χ4n) is 3.16. The van der Waals surface area contributed by atoms with E-state index in [1.807, 2.05) is 38.1 Å². The molecule has 1 aliphatic heterocycles. The third-order valence-corrected chi connectivity index (χ3v) is 4.71. The number of carbonyl (C=O) groups is 1.